The van der Waals surface area contributed by atoms with E-state index in [1.807, 2.05) is 6.07 Å². The number of ether oxygens (including phenoxy) is 1. The minimum absolute atomic E-state index is 0.0244. The maximum Gasteiger partial charge on any atom is 0.154 e. The molecule has 1 atom stereocenters. The van der Waals surface area contributed by atoms with Crippen LogP contribution < -0.4 is 15.6 Å². The Hall–Kier alpha value is -1.59. The molecule has 1 aliphatic heterocycles. The third-order valence-corrected chi connectivity index (χ3v) is 2.38. The highest BCUT2D eigenvalue weighted by molar-refractivity contribution is 6.01. The number of hydrogen-bond acceptors (Lipinski definition) is 4. The van der Waals surface area contributed by atoms with Crippen LogP contribution in [0.1, 0.15) is 6.92 Å². The van der Waals surface area contributed by atoms with Gasteiger partial charge in [-0.1, -0.05) is 12.1 Å². The van der Waals surface area contributed by atoms with Gasteiger partial charge in [0.25, 0.3) is 0 Å². The Labute approximate surface area is 87.5 Å². The molecule has 0 radical (unpaired) electrons. The molecule has 1 aliphatic rings. The van der Waals surface area contributed by atoms with Gasteiger partial charge in [0.2, 0.25) is 0 Å². The molecule has 5 nitrogen and oxygen atoms in total. The Morgan fingerprint density at radius 1 is 1.53 bits per heavy atom. The van der Waals surface area contributed by atoms with Crippen LogP contribution in [0.15, 0.2) is 24.3 Å². The first-order chi connectivity index (χ1) is 7.02. The summed E-state index contributed by atoms with van der Waals surface area (Å²) in [6, 6.07) is 7.11. The van der Waals surface area contributed by atoms with E-state index in [-0.39, 0.29) is 12.4 Å². The van der Waals surface area contributed by atoms with Gasteiger partial charge in [0.05, 0.1) is 0 Å². The molecule has 15 heavy (non-hydrogen) atoms. The second kappa shape index (κ2) is 3.22. The van der Waals surface area contributed by atoms with Crippen molar-refractivity contribution in [2.24, 2.45) is 5.84 Å². The number of fused-ring (bicyclic) bond motifs is 1. The van der Waals surface area contributed by atoms with Gasteiger partial charge in [-0.25, -0.2) is 5.84 Å². The van der Waals surface area contributed by atoms with Gasteiger partial charge in [-0.05, 0) is 19.1 Å². The molecule has 80 valence electrons. The summed E-state index contributed by atoms with van der Waals surface area (Å²) >= 11 is 0. The molecule has 0 saturated heterocycles. The fourth-order valence-corrected chi connectivity index (χ4v) is 1.44. The fourth-order valence-electron chi connectivity index (χ4n) is 1.44. The Balaban J connectivity index is 2.48. The van der Waals surface area contributed by atoms with Crippen LogP contribution in [-0.4, -0.2) is 23.2 Å². The zero-order chi connectivity index (χ0) is 11.1. The van der Waals surface area contributed by atoms with E-state index in [1.165, 1.54) is 6.92 Å². The molecule has 1 aromatic rings. The van der Waals surface area contributed by atoms with E-state index in [4.69, 9.17) is 16.0 Å². The average molecular weight is 207 g/mol. The molecular formula is C10H13N3O2. The van der Waals surface area contributed by atoms with Crippen LogP contribution in [0.5, 0.6) is 5.75 Å². The molecule has 1 unspecified atom stereocenters. The van der Waals surface area contributed by atoms with E-state index >= 15 is 0 Å². The molecule has 0 amide bonds. The van der Waals surface area contributed by atoms with E-state index in [2.05, 4.69) is 0 Å². The summed E-state index contributed by atoms with van der Waals surface area (Å²) in [6.07, 6.45) is 0. The summed E-state index contributed by atoms with van der Waals surface area (Å²) in [7, 11) is 0. The van der Waals surface area contributed by atoms with E-state index in [9.17, 15) is 5.11 Å². The number of rotatable bonds is 0. The number of nitrogens with one attached hydrogen (secondary N) is 1. The average Bonchev–Trinajstić information content (AvgIpc) is 2.31. The van der Waals surface area contributed by atoms with Crippen LogP contribution in [0.4, 0.5) is 5.69 Å². The predicted molar refractivity (Wildman–Crippen MR) is 57.0 cm³/mol. The van der Waals surface area contributed by atoms with Crippen molar-refractivity contribution in [2.45, 2.75) is 12.5 Å². The number of aliphatic hydroxyl groups is 1. The molecular weight excluding hydrogens is 194 g/mol. The van der Waals surface area contributed by atoms with Crippen LogP contribution in [0.2, 0.25) is 0 Å². The van der Waals surface area contributed by atoms with E-state index < -0.39 is 5.60 Å². The summed E-state index contributed by atoms with van der Waals surface area (Å²) in [4.78, 5) is 0. The molecule has 2 rings (SSSR count). The quantitative estimate of drug-likeness (QED) is 0.540. The highest BCUT2D eigenvalue weighted by Crippen LogP contribution is 2.31. The molecule has 5 heteroatoms. The van der Waals surface area contributed by atoms with Gasteiger partial charge in [-0.2, -0.15) is 0 Å². The lowest BCUT2D eigenvalue weighted by Crippen LogP contribution is -2.51. The van der Waals surface area contributed by atoms with E-state index in [0.29, 0.717) is 11.4 Å². The van der Waals surface area contributed by atoms with Crippen molar-refractivity contribution >= 4 is 11.5 Å². The Morgan fingerprint density at radius 2 is 2.20 bits per heavy atom. The third-order valence-electron chi connectivity index (χ3n) is 2.38. The summed E-state index contributed by atoms with van der Waals surface area (Å²) < 4.78 is 5.39. The van der Waals surface area contributed by atoms with Crippen LogP contribution in [0, 0.1) is 5.41 Å². The van der Waals surface area contributed by atoms with Crippen molar-refractivity contribution in [3.63, 3.8) is 0 Å². The van der Waals surface area contributed by atoms with Crippen molar-refractivity contribution < 1.29 is 9.84 Å². The van der Waals surface area contributed by atoms with Crippen LogP contribution in [0.25, 0.3) is 0 Å². The maximum absolute atomic E-state index is 9.89. The minimum atomic E-state index is -1.37. The zero-order valence-corrected chi connectivity index (χ0v) is 8.40. The van der Waals surface area contributed by atoms with E-state index in [0.717, 1.165) is 5.01 Å². The number of nitrogens with zero attached hydrogens (tertiary/aromatic N) is 1. The Morgan fingerprint density at radius 3 is 2.93 bits per heavy atom. The lowest BCUT2D eigenvalue weighted by atomic mass is 10.1. The molecule has 1 heterocycles. The molecule has 1 aromatic carbocycles. The fraction of sp³-hybridized carbons (Fsp3) is 0.300. The lowest BCUT2D eigenvalue weighted by molar-refractivity contribution is 0.0726. The van der Waals surface area contributed by atoms with Crippen molar-refractivity contribution in [1.29, 1.82) is 5.41 Å². The Kier molecular flexibility index (Phi) is 2.13. The number of anilines is 1. The summed E-state index contributed by atoms with van der Waals surface area (Å²) in [5.74, 6) is 6.23. The van der Waals surface area contributed by atoms with Crippen molar-refractivity contribution in [3.05, 3.63) is 24.3 Å². The smallest absolute Gasteiger partial charge is 0.154 e. The molecule has 0 spiro atoms. The largest absolute Gasteiger partial charge is 0.488 e. The number of hydrazine groups is 1. The second-order valence-electron chi connectivity index (χ2n) is 3.75. The zero-order valence-electron chi connectivity index (χ0n) is 8.40. The number of benzene rings is 1. The first kappa shape index (κ1) is 9.95. The number of amidine groups is 1. The van der Waals surface area contributed by atoms with Gasteiger partial charge >= 0.3 is 0 Å². The molecule has 0 aromatic heterocycles. The summed E-state index contributed by atoms with van der Waals surface area (Å²) in [6.45, 7) is 1.53. The van der Waals surface area contributed by atoms with Crippen molar-refractivity contribution in [1.82, 2.24) is 0 Å². The maximum atomic E-state index is 9.89. The highest BCUT2D eigenvalue weighted by atomic mass is 16.5. The summed E-state index contributed by atoms with van der Waals surface area (Å²) in [5.41, 5.74) is -0.784. The second-order valence-corrected chi connectivity index (χ2v) is 3.75. The number of nitrogens with two attached hydrogens (primary N) is 1. The minimum Gasteiger partial charge on any atom is -0.488 e. The monoisotopic (exact) mass is 207 g/mol. The first-order valence-electron chi connectivity index (χ1n) is 4.60. The topological polar surface area (TPSA) is 82.6 Å². The molecule has 4 N–H and O–H groups in total. The molecule has 0 fully saturated rings. The van der Waals surface area contributed by atoms with Crippen LogP contribution >= 0.6 is 0 Å². The van der Waals surface area contributed by atoms with Gasteiger partial charge in [-0.3, -0.25) is 10.4 Å². The van der Waals surface area contributed by atoms with Gasteiger partial charge < -0.3 is 9.84 Å². The van der Waals surface area contributed by atoms with Crippen molar-refractivity contribution in [3.8, 4) is 5.75 Å². The number of hydrogen-bond donors (Lipinski definition) is 3. The summed E-state index contributed by atoms with van der Waals surface area (Å²) in [5, 5.41) is 18.8. The SMILES string of the molecule is CC1(O)COc2ccccc2N(N)C1=N. The molecule has 0 saturated carbocycles. The molecule has 0 bridgehead atoms. The Bertz CT molecular complexity index is 403. The highest BCUT2D eigenvalue weighted by Gasteiger charge is 2.35. The van der Waals surface area contributed by atoms with Gasteiger partial charge in [-0.15, -0.1) is 0 Å². The van der Waals surface area contributed by atoms with Crippen LogP contribution in [-0.2, 0) is 0 Å². The van der Waals surface area contributed by atoms with Crippen molar-refractivity contribution in [2.75, 3.05) is 11.6 Å². The van der Waals surface area contributed by atoms with Gasteiger partial charge in [0.1, 0.15) is 18.0 Å². The molecule has 0 aliphatic carbocycles. The predicted octanol–water partition coefficient (Wildman–Crippen LogP) is 0.487. The standard InChI is InChI=1S/C10H13N3O2/c1-10(14)6-15-8-5-3-2-4-7(8)13(12)9(10)11/h2-5,11,14H,6,12H2,1H3. The lowest BCUT2D eigenvalue weighted by Gasteiger charge is -2.25. The van der Waals surface area contributed by atoms with E-state index in [1.54, 1.807) is 18.2 Å². The number of para-hydroxylation sites is 2. The van der Waals surface area contributed by atoms with Crippen LogP contribution in [0.3, 0.4) is 0 Å². The van der Waals surface area contributed by atoms with Gasteiger partial charge in [0, 0.05) is 0 Å². The third kappa shape index (κ3) is 1.55. The normalized spacial score (nSPS) is 25.5. The van der Waals surface area contributed by atoms with Gasteiger partial charge in [0.15, 0.2) is 11.4 Å². The first-order valence-corrected chi connectivity index (χ1v) is 4.60.